The van der Waals surface area contributed by atoms with Crippen LogP contribution in [0.3, 0.4) is 0 Å². The van der Waals surface area contributed by atoms with E-state index >= 15 is 0 Å². The van der Waals surface area contributed by atoms with Crippen LogP contribution in [0.15, 0.2) is 23.8 Å². The van der Waals surface area contributed by atoms with E-state index in [4.69, 9.17) is 0 Å². The number of hydrogen-bond acceptors (Lipinski definition) is 0. The molecule has 1 unspecified atom stereocenters. The zero-order valence-corrected chi connectivity index (χ0v) is 16.9. The SMILES string of the molecule is C.C.C.C.C.C.CC(C)(C)CCCCCC1=CC(CCCCCC(C)(C)C)C=C1. The Balaban J connectivity index is -0.000000220. The van der Waals surface area contributed by atoms with Crippen LogP contribution in [-0.2, 0) is 0 Å². The van der Waals surface area contributed by atoms with Crippen molar-refractivity contribution in [2.45, 2.75) is 150 Å². The molecular weight excluding hydrogens is 348 g/mol. The molecule has 0 saturated carbocycles. The minimum atomic E-state index is 0. The van der Waals surface area contributed by atoms with Gasteiger partial charge in [-0.15, -0.1) is 0 Å². The van der Waals surface area contributed by atoms with Crippen LogP contribution in [0, 0.1) is 16.7 Å². The van der Waals surface area contributed by atoms with Crippen molar-refractivity contribution in [3.63, 3.8) is 0 Å². The largest absolute Gasteiger partial charge is 0.0776 e. The van der Waals surface area contributed by atoms with E-state index < -0.39 is 0 Å². The first-order valence-corrected chi connectivity index (χ1v) is 10.0. The van der Waals surface area contributed by atoms with Gasteiger partial charge in [-0.3, -0.25) is 0 Å². The number of allylic oxidation sites excluding steroid dienone is 4. The Morgan fingerprint density at radius 2 is 1.07 bits per heavy atom. The third-order valence-corrected chi connectivity index (χ3v) is 4.84. The van der Waals surface area contributed by atoms with Crippen LogP contribution in [0.1, 0.15) is 150 Å². The molecule has 0 radical (unpaired) electrons. The fraction of sp³-hybridized carbons (Fsp3) is 0.862. The second-order valence-electron chi connectivity index (χ2n) is 10.0. The van der Waals surface area contributed by atoms with Gasteiger partial charge < -0.3 is 0 Å². The summed E-state index contributed by atoms with van der Waals surface area (Å²) >= 11 is 0. The predicted octanol–water partition coefficient (Wildman–Crippen LogP) is 11.9. The van der Waals surface area contributed by atoms with Gasteiger partial charge in [0.25, 0.3) is 0 Å². The smallest absolute Gasteiger partial charge is 0.00445 e. The highest BCUT2D eigenvalue weighted by atomic mass is 14.2. The van der Waals surface area contributed by atoms with Crippen molar-refractivity contribution in [2.24, 2.45) is 16.7 Å². The molecule has 0 aliphatic heterocycles. The van der Waals surface area contributed by atoms with Gasteiger partial charge in [-0.1, -0.05) is 142 Å². The lowest BCUT2D eigenvalue weighted by Crippen LogP contribution is -2.04. The molecule has 0 bridgehead atoms. The molecular formula is C29H66. The molecule has 0 fully saturated rings. The lowest BCUT2D eigenvalue weighted by molar-refractivity contribution is 0.356. The van der Waals surface area contributed by atoms with E-state index in [1.165, 1.54) is 64.2 Å². The molecule has 0 aromatic carbocycles. The van der Waals surface area contributed by atoms with Gasteiger partial charge in [-0.05, 0) is 48.9 Å². The summed E-state index contributed by atoms with van der Waals surface area (Å²) in [5.74, 6) is 0.731. The van der Waals surface area contributed by atoms with Gasteiger partial charge in [0.1, 0.15) is 0 Å². The van der Waals surface area contributed by atoms with Gasteiger partial charge in [0.15, 0.2) is 0 Å². The summed E-state index contributed by atoms with van der Waals surface area (Å²) in [5, 5.41) is 0. The summed E-state index contributed by atoms with van der Waals surface area (Å²) in [6, 6.07) is 0. The maximum Gasteiger partial charge on any atom is -0.00445 e. The zero-order chi connectivity index (χ0) is 17.3. The highest BCUT2D eigenvalue weighted by Crippen LogP contribution is 2.27. The van der Waals surface area contributed by atoms with Crippen LogP contribution in [0.4, 0.5) is 0 Å². The summed E-state index contributed by atoms with van der Waals surface area (Å²) in [5.41, 5.74) is 2.61. The average molecular weight is 415 g/mol. The van der Waals surface area contributed by atoms with Gasteiger partial charge in [0.05, 0.1) is 0 Å². The monoisotopic (exact) mass is 415 g/mol. The van der Waals surface area contributed by atoms with Crippen LogP contribution in [0.5, 0.6) is 0 Å². The number of hydrogen-bond donors (Lipinski definition) is 0. The summed E-state index contributed by atoms with van der Waals surface area (Å²) < 4.78 is 0. The highest BCUT2D eigenvalue weighted by molar-refractivity contribution is 5.28. The topological polar surface area (TPSA) is 0 Å². The first-order valence-electron chi connectivity index (χ1n) is 10.0. The van der Waals surface area contributed by atoms with Crippen molar-refractivity contribution in [3.8, 4) is 0 Å². The van der Waals surface area contributed by atoms with E-state index in [-0.39, 0.29) is 44.6 Å². The van der Waals surface area contributed by atoms with Crippen molar-refractivity contribution < 1.29 is 0 Å². The molecule has 0 heterocycles. The summed E-state index contributed by atoms with van der Waals surface area (Å²) in [6.45, 7) is 14.1. The van der Waals surface area contributed by atoms with Gasteiger partial charge in [-0.2, -0.15) is 0 Å². The standard InChI is InChI=1S/C23H42.6CH4/c1-22(2,3)17-11-7-9-13-20-15-16-21(19-20)14-10-8-12-18-23(4,5)6;;;;;;/h15-16,19-20H,7-14,17-18H2,1-6H3;6*1H4. The Bertz CT molecular complexity index is 370. The Labute approximate surface area is 191 Å². The van der Waals surface area contributed by atoms with E-state index in [2.05, 4.69) is 59.8 Å². The molecule has 0 aromatic heterocycles. The Morgan fingerprint density at radius 3 is 1.52 bits per heavy atom. The first-order chi connectivity index (χ1) is 10.7. The van der Waals surface area contributed by atoms with E-state index in [0.29, 0.717) is 10.8 Å². The highest BCUT2D eigenvalue weighted by Gasteiger charge is 2.12. The second kappa shape index (κ2) is 20.7. The third kappa shape index (κ3) is 25.4. The normalized spacial score (nSPS) is 14.7. The predicted molar refractivity (Wildman–Crippen MR) is 146 cm³/mol. The molecule has 0 aromatic rings. The van der Waals surface area contributed by atoms with Crippen molar-refractivity contribution in [2.75, 3.05) is 0 Å². The maximum atomic E-state index is 2.54. The quantitative estimate of drug-likeness (QED) is 0.312. The van der Waals surface area contributed by atoms with E-state index in [1.807, 2.05) is 0 Å². The van der Waals surface area contributed by atoms with Gasteiger partial charge in [-0.25, -0.2) is 0 Å². The van der Waals surface area contributed by atoms with Gasteiger partial charge >= 0.3 is 0 Å². The maximum absolute atomic E-state index is 2.54. The molecule has 0 spiro atoms. The summed E-state index contributed by atoms with van der Waals surface area (Å²) in [4.78, 5) is 0. The Kier molecular flexibility index (Phi) is 30.4. The number of rotatable bonds is 10. The van der Waals surface area contributed by atoms with Gasteiger partial charge in [0.2, 0.25) is 0 Å². The van der Waals surface area contributed by atoms with Crippen molar-refractivity contribution in [1.29, 1.82) is 0 Å². The third-order valence-electron chi connectivity index (χ3n) is 4.84. The second-order valence-corrected chi connectivity index (χ2v) is 10.0. The van der Waals surface area contributed by atoms with Crippen LogP contribution in [0.25, 0.3) is 0 Å². The molecule has 1 aliphatic carbocycles. The molecule has 29 heavy (non-hydrogen) atoms. The van der Waals surface area contributed by atoms with E-state index in [9.17, 15) is 0 Å². The average Bonchev–Trinajstić information content (AvgIpc) is 2.83. The van der Waals surface area contributed by atoms with Crippen molar-refractivity contribution in [1.82, 2.24) is 0 Å². The summed E-state index contributed by atoms with van der Waals surface area (Å²) in [6.07, 6.45) is 21.1. The van der Waals surface area contributed by atoms with E-state index in [0.717, 1.165) is 5.92 Å². The number of unbranched alkanes of at least 4 members (excludes halogenated alkanes) is 4. The minimum absolute atomic E-state index is 0. The lowest BCUT2D eigenvalue weighted by atomic mass is 9.89. The molecule has 182 valence electrons. The zero-order valence-electron chi connectivity index (χ0n) is 16.9. The van der Waals surface area contributed by atoms with Gasteiger partial charge in [0, 0.05) is 0 Å². The first kappa shape index (κ1) is 42.6. The molecule has 1 rings (SSSR count). The van der Waals surface area contributed by atoms with Crippen LogP contribution >= 0.6 is 0 Å². The Morgan fingerprint density at radius 1 is 0.621 bits per heavy atom. The molecule has 1 aliphatic rings. The molecule has 0 saturated heterocycles. The molecule has 0 nitrogen and oxygen atoms in total. The molecule has 0 amide bonds. The van der Waals surface area contributed by atoms with Crippen molar-refractivity contribution in [3.05, 3.63) is 23.8 Å². The summed E-state index contributed by atoms with van der Waals surface area (Å²) in [7, 11) is 0. The lowest BCUT2D eigenvalue weighted by Gasteiger charge is -2.17. The molecule has 1 atom stereocenters. The molecule has 0 heteroatoms. The minimum Gasteiger partial charge on any atom is -0.0776 e. The van der Waals surface area contributed by atoms with Crippen molar-refractivity contribution >= 4 is 0 Å². The van der Waals surface area contributed by atoms with Crippen LogP contribution < -0.4 is 0 Å². The van der Waals surface area contributed by atoms with Crippen LogP contribution in [-0.4, -0.2) is 0 Å². The fourth-order valence-corrected chi connectivity index (χ4v) is 3.35. The fourth-order valence-electron chi connectivity index (χ4n) is 3.35. The van der Waals surface area contributed by atoms with E-state index in [1.54, 1.807) is 5.57 Å². The molecule has 0 N–H and O–H groups in total. The van der Waals surface area contributed by atoms with Crippen LogP contribution in [0.2, 0.25) is 0 Å². The Hall–Kier alpha value is -0.520.